The first-order valence-corrected chi connectivity index (χ1v) is 8.34. The molecule has 1 aliphatic rings. The van der Waals surface area contributed by atoms with Crippen LogP contribution >= 0.6 is 12.4 Å². The molecule has 24 heavy (non-hydrogen) atoms. The lowest BCUT2D eigenvalue weighted by Gasteiger charge is -2.28. The molecule has 6 heteroatoms. The molecule has 1 aliphatic heterocycles. The molecular formula is C18H28ClN3O2. The Balaban J connectivity index is 0.00000288. The van der Waals surface area contributed by atoms with Crippen LogP contribution in [0.1, 0.15) is 42.1 Å². The van der Waals surface area contributed by atoms with Gasteiger partial charge in [0.25, 0.3) is 5.91 Å². The van der Waals surface area contributed by atoms with Crippen LogP contribution in [0.4, 0.5) is 5.69 Å². The molecule has 0 spiro atoms. The number of piperidine rings is 1. The van der Waals surface area contributed by atoms with Crippen molar-refractivity contribution < 1.29 is 9.59 Å². The van der Waals surface area contributed by atoms with Crippen molar-refractivity contribution in [3.63, 3.8) is 0 Å². The largest absolute Gasteiger partial charge is 0.355 e. The van der Waals surface area contributed by atoms with Gasteiger partial charge in [-0.2, -0.15) is 0 Å². The molecular weight excluding hydrogens is 326 g/mol. The Hall–Kier alpha value is -1.59. The highest BCUT2D eigenvalue weighted by atomic mass is 35.5. The maximum Gasteiger partial charge on any atom is 0.251 e. The van der Waals surface area contributed by atoms with Crippen molar-refractivity contribution in [2.75, 3.05) is 25.5 Å². The Bertz CT molecular complexity index is 571. The van der Waals surface area contributed by atoms with E-state index in [2.05, 4.69) is 22.9 Å². The predicted octanol–water partition coefficient (Wildman–Crippen LogP) is 2.74. The lowest BCUT2D eigenvalue weighted by molar-refractivity contribution is -0.117. The van der Waals surface area contributed by atoms with Crippen molar-refractivity contribution in [1.82, 2.24) is 10.6 Å². The Morgan fingerprint density at radius 1 is 1.29 bits per heavy atom. The minimum absolute atomic E-state index is 0. The monoisotopic (exact) mass is 353 g/mol. The second kappa shape index (κ2) is 9.64. The number of carbonyl (C=O) groups is 2. The average molecular weight is 354 g/mol. The summed E-state index contributed by atoms with van der Waals surface area (Å²) in [7, 11) is 1.60. The molecule has 0 aromatic heterocycles. The fraction of sp³-hybridized carbons (Fsp3) is 0.556. The first kappa shape index (κ1) is 20.5. The third-order valence-corrected chi connectivity index (χ3v) is 4.70. The molecule has 1 atom stereocenters. The topological polar surface area (TPSA) is 70.2 Å². The molecule has 3 N–H and O–H groups in total. The van der Waals surface area contributed by atoms with E-state index in [0.717, 1.165) is 31.5 Å². The normalized spacial score (nSPS) is 16.0. The van der Waals surface area contributed by atoms with Crippen LogP contribution in [-0.4, -0.2) is 32.0 Å². The van der Waals surface area contributed by atoms with Gasteiger partial charge in [-0.3, -0.25) is 9.59 Å². The molecule has 1 saturated heterocycles. The highest BCUT2D eigenvalue weighted by Crippen LogP contribution is 2.25. The van der Waals surface area contributed by atoms with Crippen LogP contribution in [0.25, 0.3) is 0 Å². The molecule has 1 aromatic carbocycles. The Morgan fingerprint density at radius 2 is 1.96 bits per heavy atom. The van der Waals surface area contributed by atoms with Crippen molar-refractivity contribution in [3.8, 4) is 0 Å². The zero-order valence-corrected chi connectivity index (χ0v) is 15.5. The summed E-state index contributed by atoms with van der Waals surface area (Å²) in [5, 5.41) is 8.92. The zero-order chi connectivity index (χ0) is 16.8. The number of carbonyl (C=O) groups excluding carboxylic acids is 2. The van der Waals surface area contributed by atoms with Crippen LogP contribution in [-0.2, 0) is 4.79 Å². The van der Waals surface area contributed by atoms with E-state index in [9.17, 15) is 9.59 Å². The molecule has 0 bridgehead atoms. The zero-order valence-electron chi connectivity index (χ0n) is 14.6. The Morgan fingerprint density at radius 3 is 2.58 bits per heavy atom. The van der Waals surface area contributed by atoms with Gasteiger partial charge in [-0.1, -0.05) is 13.0 Å². The highest BCUT2D eigenvalue weighted by Gasteiger charge is 2.22. The molecule has 2 amide bonds. The number of halogens is 1. The minimum atomic E-state index is -0.149. The predicted molar refractivity (Wildman–Crippen MR) is 99.8 cm³/mol. The molecule has 1 heterocycles. The molecule has 2 rings (SSSR count). The summed E-state index contributed by atoms with van der Waals surface area (Å²) < 4.78 is 0. The van der Waals surface area contributed by atoms with Crippen molar-refractivity contribution in [2.45, 2.75) is 33.1 Å². The second-order valence-electron chi connectivity index (χ2n) is 6.43. The number of benzene rings is 1. The fourth-order valence-electron chi connectivity index (χ4n) is 3.12. The number of aryl methyl sites for hydroxylation is 1. The standard InChI is InChI=1S/C18H27N3O2.ClH/c1-12-4-5-15(18(23)19-3)11-16(12)21-17(22)10-13(2)14-6-8-20-9-7-14;/h4-5,11,13-14,20H,6-10H2,1-3H3,(H,19,23)(H,21,22);1H. The molecule has 134 valence electrons. The van der Waals surface area contributed by atoms with E-state index in [-0.39, 0.29) is 24.2 Å². The summed E-state index contributed by atoms with van der Waals surface area (Å²) in [6.07, 6.45) is 2.80. The van der Waals surface area contributed by atoms with Crippen LogP contribution in [0.2, 0.25) is 0 Å². The molecule has 1 aromatic rings. The third kappa shape index (κ3) is 5.49. The van der Waals surface area contributed by atoms with Gasteiger partial charge in [0, 0.05) is 24.7 Å². The van der Waals surface area contributed by atoms with E-state index in [0.29, 0.717) is 29.5 Å². The molecule has 0 radical (unpaired) electrons. The molecule has 0 saturated carbocycles. The number of rotatable bonds is 5. The van der Waals surface area contributed by atoms with E-state index >= 15 is 0 Å². The van der Waals surface area contributed by atoms with Crippen molar-refractivity contribution in [1.29, 1.82) is 0 Å². The summed E-state index contributed by atoms with van der Waals surface area (Å²) in [6.45, 7) is 6.18. The van der Waals surface area contributed by atoms with Crippen LogP contribution in [0.3, 0.4) is 0 Å². The summed E-state index contributed by atoms with van der Waals surface area (Å²) in [5.74, 6) is 0.858. The maximum absolute atomic E-state index is 12.3. The minimum Gasteiger partial charge on any atom is -0.355 e. The molecule has 5 nitrogen and oxygen atoms in total. The second-order valence-corrected chi connectivity index (χ2v) is 6.43. The van der Waals surface area contributed by atoms with E-state index < -0.39 is 0 Å². The van der Waals surface area contributed by atoms with E-state index in [1.807, 2.05) is 13.0 Å². The van der Waals surface area contributed by atoms with Gasteiger partial charge in [0.05, 0.1) is 0 Å². The number of hydrogen-bond acceptors (Lipinski definition) is 3. The number of nitrogens with one attached hydrogen (secondary N) is 3. The lowest BCUT2D eigenvalue weighted by atomic mass is 9.84. The van der Waals surface area contributed by atoms with E-state index in [1.165, 1.54) is 0 Å². The van der Waals surface area contributed by atoms with Gasteiger partial charge >= 0.3 is 0 Å². The summed E-state index contributed by atoms with van der Waals surface area (Å²) in [4.78, 5) is 24.1. The smallest absolute Gasteiger partial charge is 0.251 e. The van der Waals surface area contributed by atoms with Crippen LogP contribution < -0.4 is 16.0 Å². The van der Waals surface area contributed by atoms with Gasteiger partial charge in [0.2, 0.25) is 5.91 Å². The number of anilines is 1. The Labute approximate surface area is 150 Å². The van der Waals surface area contributed by atoms with Crippen LogP contribution in [0.5, 0.6) is 0 Å². The fourth-order valence-corrected chi connectivity index (χ4v) is 3.12. The van der Waals surface area contributed by atoms with E-state index in [4.69, 9.17) is 0 Å². The van der Waals surface area contributed by atoms with Crippen LogP contribution in [0.15, 0.2) is 18.2 Å². The summed E-state index contributed by atoms with van der Waals surface area (Å²) >= 11 is 0. The number of amides is 2. The van der Waals surface area contributed by atoms with E-state index in [1.54, 1.807) is 19.2 Å². The van der Waals surface area contributed by atoms with Crippen molar-refractivity contribution >= 4 is 29.9 Å². The van der Waals surface area contributed by atoms with Gasteiger partial charge in [-0.25, -0.2) is 0 Å². The quantitative estimate of drug-likeness (QED) is 0.762. The van der Waals surface area contributed by atoms with Crippen molar-refractivity contribution in [2.24, 2.45) is 11.8 Å². The number of hydrogen-bond donors (Lipinski definition) is 3. The van der Waals surface area contributed by atoms with Crippen molar-refractivity contribution in [3.05, 3.63) is 29.3 Å². The summed E-state index contributed by atoms with van der Waals surface area (Å²) in [5.41, 5.74) is 2.23. The van der Waals surface area contributed by atoms with Crippen LogP contribution in [0, 0.1) is 18.8 Å². The average Bonchev–Trinajstić information content (AvgIpc) is 2.56. The third-order valence-electron chi connectivity index (χ3n) is 4.70. The highest BCUT2D eigenvalue weighted by molar-refractivity contribution is 5.97. The summed E-state index contributed by atoms with van der Waals surface area (Å²) in [6, 6.07) is 5.36. The van der Waals surface area contributed by atoms with Gasteiger partial charge in [0.1, 0.15) is 0 Å². The lowest BCUT2D eigenvalue weighted by Crippen LogP contribution is -2.32. The van der Waals surface area contributed by atoms with Gasteiger partial charge in [-0.15, -0.1) is 12.4 Å². The first-order chi connectivity index (χ1) is 11.0. The van der Waals surface area contributed by atoms with Gasteiger partial charge < -0.3 is 16.0 Å². The SMILES string of the molecule is CNC(=O)c1ccc(C)c(NC(=O)CC(C)C2CCNCC2)c1.Cl. The van der Waals surface area contributed by atoms with Gasteiger partial charge in [0.15, 0.2) is 0 Å². The molecule has 0 aliphatic carbocycles. The molecule has 1 unspecified atom stereocenters. The first-order valence-electron chi connectivity index (χ1n) is 8.34. The Kier molecular flexibility index (Phi) is 8.22. The van der Waals surface area contributed by atoms with Gasteiger partial charge in [-0.05, 0) is 62.4 Å². The maximum atomic E-state index is 12.3. The molecule has 1 fully saturated rings.